The van der Waals surface area contributed by atoms with Crippen molar-refractivity contribution in [3.8, 4) is 16.9 Å². The third-order valence-corrected chi connectivity index (χ3v) is 4.67. The minimum atomic E-state index is 0.848. The number of aromatic nitrogens is 4. The van der Waals surface area contributed by atoms with Crippen molar-refractivity contribution < 1.29 is 0 Å². The summed E-state index contributed by atoms with van der Waals surface area (Å²) in [6.07, 6.45) is 9.32. The Balaban J connectivity index is 1.54. The van der Waals surface area contributed by atoms with Crippen LogP contribution in [-0.4, -0.2) is 19.7 Å². The van der Waals surface area contributed by atoms with Gasteiger partial charge >= 0.3 is 0 Å². The van der Waals surface area contributed by atoms with Crippen LogP contribution in [0.25, 0.3) is 28.0 Å². The molecule has 0 atom stereocenters. The lowest BCUT2D eigenvalue weighted by Crippen LogP contribution is -1.95. The Morgan fingerprint density at radius 3 is 2.71 bits per heavy atom. The van der Waals surface area contributed by atoms with E-state index in [2.05, 4.69) is 28.3 Å². The zero-order valence-corrected chi connectivity index (χ0v) is 13.2. The Hall–Kier alpha value is -3.01. The highest BCUT2D eigenvalue weighted by Crippen LogP contribution is 2.25. The van der Waals surface area contributed by atoms with Crippen LogP contribution in [0.4, 0.5) is 0 Å². The van der Waals surface area contributed by atoms with Gasteiger partial charge in [-0.05, 0) is 54.7 Å². The van der Waals surface area contributed by atoms with Gasteiger partial charge in [-0.2, -0.15) is 5.10 Å². The average molecular weight is 312 g/mol. The summed E-state index contributed by atoms with van der Waals surface area (Å²) in [6.45, 7) is 0. The summed E-state index contributed by atoms with van der Waals surface area (Å²) >= 11 is 0. The van der Waals surface area contributed by atoms with E-state index in [0.717, 1.165) is 28.0 Å². The summed E-state index contributed by atoms with van der Waals surface area (Å²) in [6, 6.07) is 14.5. The lowest BCUT2D eigenvalue weighted by Gasteiger charge is -2.04. The topological polar surface area (TPSA) is 43.6 Å². The first-order valence-corrected chi connectivity index (χ1v) is 8.26. The number of para-hydroxylation sites is 2. The maximum absolute atomic E-state index is 4.69. The summed E-state index contributed by atoms with van der Waals surface area (Å²) in [5.74, 6) is 0. The van der Waals surface area contributed by atoms with E-state index in [-0.39, 0.29) is 0 Å². The molecule has 0 saturated carbocycles. The van der Waals surface area contributed by atoms with Crippen molar-refractivity contribution in [2.45, 2.75) is 19.3 Å². The predicted molar refractivity (Wildman–Crippen MR) is 94.1 cm³/mol. The van der Waals surface area contributed by atoms with Gasteiger partial charge in [0.05, 0.1) is 34.8 Å². The van der Waals surface area contributed by atoms with Gasteiger partial charge in [0.15, 0.2) is 0 Å². The third-order valence-electron chi connectivity index (χ3n) is 4.67. The zero-order chi connectivity index (χ0) is 15.9. The van der Waals surface area contributed by atoms with Crippen molar-refractivity contribution in [2.75, 3.05) is 0 Å². The number of fused-ring (bicyclic) bond motifs is 2. The molecule has 0 saturated heterocycles. The van der Waals surface area contributed by atoms with Crippen molar-refractivity contribution in [1.82, 2.24) is 19.7 Å². The molecule has 4 aromatic rings. The molecule has 1 aliphatic rings. The number of nitrogens with zero attached hydrogens (tertiary/aromatic N) is 4. The summed E-state index contributed by atoms with van der Waals surface area (Å²) in [5, 5.41) is 4.52. The molecule has 0 spiro atoms. The first-order chi connectivity index (χ1) is 11.9. The van der Waals surface area contributed by atoms with Crippen molar-refractivity contribution in [3.63, 3.8) is 0 Å². The van der Waals surface area contributed by atoms with Crippen LogP contribution < -0.4 is 0 Å². The Morgan fingerprint density at radius 2 is 1.75 bits per heavy atom. The molecule has 2 aromatic heterocycles. The maximum atomic E-state index is 4.69. The van der Waals surface area contributed by atoms with Crippen LogP contribution >= 0.6 is 0 Å². The van der Waals surface area contributed by atoms with Gasteiger partial charge in [-0.15, -0.1) is 0 Å². The number of hydrogen-bond acceptors (Lipinski definition) is 3. The molecule has 0 amide bonds. The van der Waals surface area contributed by atoms with Gasteiger partial charge in [0, 0.05) is 11.8 Å². The van der Waals surface area contributed by atoms with E-state index in [1.807, 2.05) is 47.5 Å². The molecule has 0 aliphatic heterocycles. The van der Waals surface area contributed by atoms with E-state index in [0.29, 0.717) is 0 Å². The van der Waals surface area contributed by atoms with Gasteiger partial charge in [-0.1, -0.05) is 18.2 Å². The molecule has 24 heavy (non-hydrogen) atoms. The largest absolute Gasteiger partial charge is 0.252 e. The van der Waals surface area contributed by atoms with Gasteiger partial charge in [0.25, 0.3) is 0 Å². The van der Waals surface area contributed by atoms with Gasteiger partial charge in [0.2, 0.25) is 0 Å². The minimum Gasteiger partial charge on any atom is -0.252 e. The highest BCUT2D eigenvalue weighted by molar-refractivity contribution is 5.76. The second-order valence-corrected chi connectivity index (χ2v) is 6.22. The summed E-state index contributed by atoms with van der Waals surface area (Å²) < 4.78 is 1.92. The van der Waals surface area contributed by atoms with E-state index in [1.54, 1.807) is 0 Å². The van der Waals surface area contributed by atoms with Gasteiger partial charge in [0.1, 0.15) is 0 Å². The van der Waals surface area contributed by atoms with Crippen LogP contribution in [-0.2, 0) is 12.8 Å². The first kappa shape index (κ1) is 13.4. The fourth-order valence-electron chi connectivity index (χ4n) is 3.39. The molecule has 0 fully saturated rings. The zero-order valence-electron chi connectivity index (χ0n) is 13.2. The Morgan fingerprint density at radius 1 is 0.875 bits per heavy atom. The van der Waals surface area contributed by atoms with E-state index in [1.165, 1.54) is 30.4 Å². The van der Waals surface area contributed by atoms with Gasteiger partial charge < -0.3 is 0 Å². The summed E-state index contributed by atoms with van der Waals surface area (Å²) in [4.78, 5) is 9.18. The van der Waals surface area contributed by atoms with Crippen LogP contribution in [0.1, 0.15) is 17.5 Å². The molecule has 2 heterocycles. The van der Waals surface area contributed by atoms with E-state index >= 15 is 0 Å². The van der Waals surface area contributed by atoms with Crippen molar-refractivity contribution >= 4 is 11.0 Å². The maximum Gasteiger partial charge on any atom is 0.0924 e. The van der Waals surface area contributed by atoms with E-state index in [4.69, 9.17) is 4.98 Å². The number of hydrogen-bond donors (Lipinski definition) is 0. The Labute approximate surface area is 139 Å². The fraction of sp³-hybridized carbons (Fsp3) is 0.150. The lowest BCUT2D eigenvalue weighted by atomic mass is 10.1. The second kappa shape index (κ2) is 5.27. The molecule has 4 heteroatoms. The molecule has 0 radical (unpaired) electrons. The molecule has 0 unspecified atom stereocenters. The highest BCUT2D eigenvalue weighted by atomic mass is 15.3. The number of rotatable bonds is 2. The van der Waals surface area contributed by atoms with Crippen LogP contribution in [0.2, 0.25) is 0 Å². The number of benzene rings is 2. The monoisotopic (exact) mass is 312 g/mol. The summed E-state index contributed by atoms with van der Waals surface area (Å²) in [5.41, 5.74) is 7.68. The molecule has 1 aliphatic carbocycles. The molecule has 116 valence electrons. The second-order valence-electron chi connectivity index (χ2n) is 6.22. The van der Waals surface area contributed by atoms with Crippen molar-refractivity contribution in [1.29, 1.82) is 0 Å². The van der Waals surface area contributed by atoms with Crippen molar-refractivity contribution in [3.05, 3.63) is 72.2 Å². The molecular weight excluding hydrogens is 296 g/mol. The standard InChI is InChI=1S/C20H16N4/c1-2-7-19-18(6-1)21-12-20(23-19)16-11-22-24(13-16)17-9-8-14-4-3-5-15(14)10-17/h1-2,6-13H,3-5H2. The predicted octanol–water partition coefficient (Wildman–Crippen LogP) is 3.97. The average Bonchev–Trinajstić information content (AvgIpc) is 3.30. The molecule has 0 N–H and O–H groups in total. The molecule has 4 nitrogen and oxygen atoms in total. The highest BCUT2D eigenvalue weighted by Gasteiger charge is 2.12. The fourth-order valence-corrected chi connectivity index (χ4v) is 3.39. The van der Waals surface area contributed by atoms with E-state index < -0.39 is 0 Å². The molecule has 2 aromatic carbocycles. The van der Waals surface area contributed by atoms with Gasteiger partial charge in [-0.3, -0.25) is 4.98 Å². The van der Waals surface area contributed by atoms with Crippen LogP contribution in [0, 0.1) is 0 Å². The first-order valence-electron chi connectivity index (χ1n) is 8.26. The SMILES string of the molecule is c1ccc2nc(-c3cnn(-c4ccc5c(c4)CCC5)c3)cnc2c1. The van der Waals surface area contributed by atoms with Crippen LogP contribution in [0.5, 0.6) is 0 Å². The van der Waals surface area contributed by atoms with Crippen LogP contribution in [0.15, 0.2) is 61.1 Å². The normalized spacial score (nSPS) is 13.3. The Kier molecular flexibility index (Phi) is 2.95. The molecule has 5 rings (SSSR count). The quantitative estimate of drug-likeness (QED) is 0.562. The van der Waals surface area contributed by atoms with Crippen LogP contribution in [0.3, 0.4) is 0 Å². The van der Waals surface area contributed by atoms with Gasteiger partial charge in [-0.25, -0.2) is 9.67 Å². The smallest absolute Gasteiger partial charge is 0.0924 e. The van der Waals surface area contributed by atoms with E-state index in [9.17, 15) is 0 Å². The minimum absolute atomic E-state index is 0.848. The van der Waals surface area contributed by atoms with Crippen molar-refractivity contribution in [2.24, 2.45) is 0 Å². The number of aryl methyl sites for hydroxylation is 2. The molecular formula is C20H16N4. The molecule has 0 bridgehead atoms. The lowest BCUT2D eigenvalue weighted by molar-refractivity contribution is 0.877. The Bertz CT molecular complexity index is 1050. The summed E-state index contributed by atoms with van der Waals surface area (Å²) in [7, 11) is 0. The third kappa shape index (κ3) is 2.19.